The van der Waals surface area contributed by atoms with E-state index >= 15 is 0 Å². The maximum absolute atomic E-state index is 13.0. The highest BCUT2D eigenvalue weighted by molar-refractivity contribution is 6.02. The van der Waals surface area contributed by atoms with Crippen LogP contribution in [0.2, 0.25) is 0 Å². The van der Waals surface area contributed by atoms with Crippen molar-refractivity contribution in [3.05, 3.63) is 41.5 Å². The summed E-state index contributed by atoms with van der Waals surface area (Å²) in [5.41, 5.74) is 0.625. The van der Waals surface area contributed by atoms with Crippen LogP contribution in [0.4, 0.5) is 0 Å². The predicted octanol–water partition coefficient (Wildman–Crippen LogP) is -0.906. The van der Waals surface area contributed by atoms with Gasteiger partial charge in [0.05, 0.1) is 26.7 Å². The van der Waals surface area contributed by atoms with E-state index in [1.807, 2.05) is 0 Å². The Balaban J connectivity index is 1.30. The molecule has 7 N–H and O–H groups in total. The Morgan fingerprint density at radius 2 is 1.57 bits per heavy atom. The Hall–Kier alpha value is -3.21. The van der Waals surface area contributed by atoms with E-state index in [9.17, 15) is 40.5 Å². The van der Waals surface area contributed by atoms with Crippen LogP contribution in [0.5, 0.6) is 28.7 Å². The summed E-state index contributed by atoms with van der Waals surface area (Å²) in [6, 6.07) is 6.89. The number of hydrogen-bond donors (Lipinski definition) is 7. The van der Waals surface area contributed by atoms with Crippen LogP contribution in [0.1, 0.15) is 28.4 Å². The summed E-state index contributed by atoms with van der Waals surface area (Å²) in [7, 11) is 1.35. The maximum atomic E-state index is 13.0. The number of aromatic hydroxyl groups is 2. The number of ketones is 1. The van der Waals surface area contributed by atoms with E-state index in [0.717, 1.165) is 0 Å². The second-order valence-electron chi connectivity index (χ2n) is 9.71. The van der Waals surface area contributed by atoms with Gasteiger partial charge >= 0.3 is 0 Å². The van der Waals surface area contributed by atoms with Gasteiger partial charge in [0.2, 0.25) is 6.29 Å². The second kappa shape index (κ2) is 11.3. The van der Waals surface area contributed by atoms with E-state index < -0.39 is 55.3 Å². The molecule has 0 radical (unpaired) electrons. The molecular formula is C26H30O14. The van der Waals surface area contributed by atoms with Gasteiger partial charge < -0.3 is 64.2 Å². The van der Waals surface area contributed by atoms with Gasteiger partial charge in [-0.25, -0.2) is 0 Å². The third-order valence-electron chi connectivity index (χ3n) is 7.00. The molecule has 0 bridgehead atoms. The number of phenolic OH excluding ortho intramolecular Hbond substituents is 2. The fraction of sp³-hybridized carbons (Fsp3) is 0.500. The number of methoxy groups -OCH3 is 1. The second-order valence-corrected chi connectivity index (χ2v) is 9.71. The molecule has 0 saturated carbocycles. The summed E-state index contributed by atoms with van der Waals surface area (Å²) in [4.78, 5) is 13.0. The van der Waals surface area contributed by atoms with Crippen molar-refractivity contribution in [1.29, 1.82) is 0 Å². The Bertz CT molecular complexity index is 1240. The van der Waals surface area contributed by atoms with Gasteiger partial charge in [-0.1, -0.05) is 6.07 Å². The quantitative estimate of drug-likeness (QED) is 0.211. The van der Waals surface area contributed by atoms with Crippen LogP contribution in [-0.4, -0.2) is 111 Å². The monoisotopic (exact) mass is 566 g/mol. The lowest BCUT2D eigenvalue weighted by atomic mass is 9.95. The molecule has 9 unspecified atom stereocenters. The smallest absolute Gasteiger partial charge is 0.228 e. The summed E-state index contributed by atoms with van der Waals surface area (Å²) in [5.74, 6) is -0.646. The molecule has 0 aliphatic carbocycles. The van der Waals surface area contributed by atoms with Crippen LogP contribution in [-0.2, 0) is 14.2 Å². The van der Waals surface area contributed by atoms with Crippen LogP contribution in [0.15, 0.2) is 30.3 Å². The van der Waals surface area contributed by atoms with E-state index in [4.69, 9.17) is 28.4 Å². The molecule has 2 fully saturated rings. The Labute approximate surface area is 227 Å². The number of ether oxygens (including phenoxy) is 6. The molecular weight excluding hydrogens is 536 g/mol. The predicted molar refractivity (Wildman–Crippen MR) is 130 cm³/mol. The van der Waals surface area contributed by atoms with Crippen molar-refractivity contribution < 1.29 is 69.0 Å². The topological polar surface area (TPSA) is 214 Å². The first-order valence-electron chi connectivity index (χ1n) is 12.5. The van der Waals surface area contributed by atoms with Crippen LogP contribution in [0, 0.1) is 0 Å². The van der Waals surface area contributed by atoms with Crippen LogP contribution in [0.25, 0.3) is 0 Å². The average Bonchev–Trinajstić information content (AvgIpc) is 2.93. The molecule has 40 heavy (non-hydrogen) atoms. The van der Waals surface area contributed by atoms with Gasteiger partial charge in [-0.05, 0) is 17.7 Å². The first-order chi connectivity index (χ1) is 19.1. The number of aliphatic hydroxyl groups excluding tert-OH is 5. The van der Waals surface area contributed by atoms with Crippen molar-refractivity contribution >= 4 is 5.78 Å². The molecule has 0 aromatic heterocycles. The molecule has 14 heteroatoms. The van der Waals surface area contributed by atoms with Gasteiger partial charge in [0.25, 0.3) is 0 Å². The molecule has 218 valence electrons. The van der Waals surface area contributed by atoms with E-state index in [-0.39, 0.29) is 59.7 Å². The maximum Gasteiger partial charge on any atom is 0.228 e. The molecule has 14 nitrogen and oxygen atoms in total. The van der Waals surface area contributed by atoms with Gasteiger partial charge in [0.15, 0.2) is 23.6 Å². The fourth-order valence-corrected chi connectivity index (χ4v) is 4.75. The third kappa shape index (κ3) is 5.40. The van der Waals surface area contributed by atoms with Gasteiger partial charge in [0.1, 0.15) is 65.5 Å². The van der Waals surface area contributed by atoms with Gasteiger partial charge in [0, 0.05) is 12.1 Å². The molecule has 5 rings (SSSR count). The minimum absolute atomic E-state index is 0.0544. The van der Waals surface area contributed by atoms with Gasteiger partial charge in [-0.3, -0.25) is 4.79 Å². The number of Topliss-reactive ketones (excluding diaryl/α,β-unsaturated/α-hetero) is 1. The molecule has 2 aromatic rings. The number of phenols is 2. The van der Waals surface area contributed by atoms with Crippen molar-refractivity contribution in [2.45, 2.75) is 61.7 Å². The SMILES string of the molecule is COc1cc(OC2OCC(OC3OCC(O)C(O)C3O)C(O)C2O)cc2c1C(=O)CC(c1ccc(O)c(O)c1)O2. The minimum atomic E-state index is -1.63. The molecule has 0 amide bonds. The highest BCUT2D eigenvalue weighted by Gasteiger charge is 2.45. The van der Waals surface area contributed by atoms with E-state index in [0.29, 0.717) is 5.56 Å². The largest absolute Gasteiger partial charge is 0.504 e. The third-order valence-corrected chi connectivity index (χ3v) is 7.00. The molecule has 9 atom stereocenters. The van der Waals surface area contributed by atoms with Crippen LogP contribution < -0.4 is 14.2 Å². The zero-order valence-corrected chi connectivity index (χ0v) is 21.2. The van der Waals surface area contributed by atoms with Gasteiger partial charge in [-0.15, -0.1) is 0 Å². The van der Waals surface area contributed by atoms with Crippen molar-refractivity contribution in [2.24, 2.45) is 0 Å². The van der Waals surface area contributed by atoms with E-state index in [1.165, 1.54) is 37.4 Å². The first-order valence-corrected chi connectivity index (χ1v) is 12.5. The molecule has 2 aromatic carbocycles. The molecule has 2 saturated heterocycles. The molecule has 3 heterocycles. The number of carbonyl (C=O) groups excluding carboxylic acids is 1. The number of aliphatic hydroxyl groups is 5. The number of hydrogen-bond acceptors (Lipinski definition) is 14. The number of fused-ring (bicyclic) bond motifs is 1. The summed E-state index contributed by atoms with van der Waals surface area (Å²) in [6.07, 6.45) is -12.4. The number of benzene rings is 2. The lowest BCUT2D eigenvalue weighted by molar-refractivity contribution is -0.320. The van der Waals surface area contributed by atoms with E-state index in [2.05, 4.69) is 0 Å². The summed E-state index contributed by atoms with van der Waals surface area (Å²) >= 11 is 0. The van der Waals surface area contributed by atoms with Crippen LogP contribution >= 0.6 is 0 Å². The molecule has 3 aliphatic heterocycles. The van der Waals surface area contributed by atoms with Crippen molar-refractivity contribution in [3.8, 4) is 28.7 Å². The van der Waals surface area contributed by atoms with Gasteiger partial charge in [-0.2, -0.15) is 0 Å². The van der Waals surface area contributed by atoms with E-state index in [1.54, 1.807) is 0 Å². The standard InChI is InChI=1S/C26H30O14/c1-35-17-5-11(6-18-20(17)14(29)7-16(39-18)10-2-3-12(27)13(28)4-10)38-25-24(34)22(32)19(9-37-25)40-26-23(33)21(31)15(30)8-36-26/h2-6,15-16,19,21-28,30-34H,7-9H2,1H3. The zero-order chi connectivity index (χ0) is 28.7. The molecule has 0 spiro atoms. The summed E-state index contributed by atoms with van der Waals surface area (Å²) in [5, 5.41) is 70.3. The highest BCUT2D eigenvalue weighted by atomic mass is 16.7. The zero-order valence-electron chi connectivity index (χ0n) is 21.2. The summed E-state index contributed by atoms with van der Waals surface area (Å²) < 4.78 is 33.4. The number of rotatable bonds is 6. The highest BCUT2D eigenvalue weighted by Crippen LogP contribution is 2.43. The normalized spacial score (nSPS) is 34.0. The summed E-state index contributed by atoms with van der Waals surface area (Å²) in [6.45, 7) is -0.599. The Kier molecular flexibility index (Phi) is 8.03. The lowest BCUT2D eigenvalue weighted by Gasteiger charge is -2.41. The van der Waals surface area contributed by atoms with Crippen molar-refractivity contribution in [1.82, 2.24) is 0 Å². The average molecular weight is 567 g/mol. The van der Waals surface area contributed by atoms with Crippen LogP contribution in [0.3, 0.4) is 0 Å². The first kappa shape index (κ1) is 28.3. The fourth-order valence-electron chi connectivity index (χ4n) is 4.75. The number of carbonyl (C=O) groups is 1. The lowest BCUT2D eigenvalue weighted by Crippen LogP contribution is -2.60. The van der Waals surface area contributed by atoms with Crippen molar-refractivity contribution in [2.75, 3.05) is 20.3 Å². The Morgan fingerprint density at radius 1 is 0.850 bits per heavy atom. The Morgan fingerprint density at radius 3 is 2.30 bits per heavy atom. The molecule has 3 aliphatic rings. The van der Waals surface area contributed by atoms with Crippen molar-refractivity contribution in [3.63, 3.8) is 0 Å². The minimum Gasteiger partial charge on any atom is -0.504 e.